The molecular weight excluding hydrogens is 464 g/mol. The lowest BCUT2D eigenvalue weighted by molar-refractivity contribution is 0.0342. The van der Waals surface area contributed by atoms with E-state index in [4.69, 9.17) is 16.3 Å². The Hall–Kier alpha value is -3.52. The van der Waals surface area contributed by atoms with Gasteiger partial charge >= 0.3 is 0 Å². The van der Waals surface area contributed by atoms with Crippen LogP contribution in [0, 0.1) is 0 Å². The number of amides is 2. The molecule has 7 nitrogen and oxygen atoms in total. The third-order valence-corrected chi connectivity index (χ3v) is 5.91. The smallest absolute Gasteiger partial charge is 0.271 e. The van der Waals surface area contributed by atoms with Gasteiger partial charge in [-0.25, -0.2) is 5.43 Å². The van der Waals surface area contributed by atoms with Crippen molar-refractivity contribution < 1.29 is 14.3 Å². The first-order valence-corrected chi connectivity index (χ1v) is 11.8. The molecule has 3 aromatic rings. The van der Waals surface area contributed by atoms with Crippen molar-refractivity contribution in [1.82, 2.24) is 10.3 Å². The van der Waals surface area contributed by atoms with E-state index in [1.165, 1.54) is 0 Å². The van der Waals surface area contributed by atoms with Crippen LogP contribution in [0.4, 0.5) is 5.69 Å². The highest BCUT2D eigenvalue weighted by Gasteiger charge is 2.12. The number of nitrogens with zero attached hydrogens (tertiary/aromatic N) is 2. The standard InChI is InChI=1S/C27H27ClN4O3/c1-19(22-4-3-7-25(17-22)29-26(33)23-5-2-6-24(28)16-23)30-31-27(34)21-10-8-20(9-11-21)18-32-12-14-35-15-13-32/h2-11,16-17H,12-15,18H2,1H3,(H,29,33)(H,31,34)/b30-19+. The second-order valence-electron chi connectivity index (χ2n) is 8.27. The van der Waals surface area contributed by atoms with Gasteiger partial charge in [-0.15, -0.1) is 0 Å². The molecule has 0 aliphatic carbocycles. The topological polar surface area (TPSA) is 83.0 Å². The van der Waals surface area contributed by atoms with Gasteiger partial charge in [-0.3, -0.25) is 14.5 Å². The van der Waals surface area contributed by atoms with Gasteiger partial charge in [0.15, 0.2) is 0 Å². The Morgan fingerprint density at radius 2 is 1.63 bits per heavy atom. The van der Waals surface area contributed by atoms with Crippen molar-refractivity contribution in [3.05, 3.63) is 100 Å². The van der Waals surface area contributed by atoms with Gasteiger partial charge in [0.1, 0.15) is 0 Å². The van der Waals surface area contributed by atoms with Gasteiger partial charge < -0.3 is 10.1 Å². The molecule has 1 aliphatic heterocycles. The molecule has 0 aromatic heterocycles. The number of nitrogens with one attached hydrogen (secondary N) is 2. The van der Waals surface area contributed by atoms with Crippen molar-refractivity contribution in [1.29, 1.82) is 0 Å². The normalized spacial score (nSPS) is 14.4. The molecule has 1 saturated heterocycles. The number of hydrogen-bond donors (Lipinski definition) is 2. The molecule has 0 spiro atoms. The Labute approximate surface area is 209 Å². The molecule has 0 unspecified atom stereocenters. The van der Waals surface area contributed by atoms with Crippen molar-refractivity contribution in [2.24, 2.45) is 5.10 Å². The lowest BCUT2D eigenvalue weighted by Gasteiger charge is -2.26. The summed E-state index contributed by atoms with van der Waals surface area (Å²) >= 11 is 5.97. The van der Waals surface area contributed by atoms with E-state index in [0.717, 1.165) is 44.0 Å². The highest BCUT2D eigenvalue weighted by Crippen LogP contribution is 2.16. The van der Waals surface area contributed by atoms with E-state index in [9.17, 15) is 9.59 Å². The molecule has 2 N–H and O–H groups in total. The van der Waals surface area contributed by atoms with Crippen LogP contribution in [0.15, 0.2) is 77.9 Å². The molecule has 1 fully saturated rings. The quantitative estimate of drug-likeness (QED) is 0.375. The third-order valence-electron chi connectivity index (χ3n) is 5.68. The summed E-state index contributed by atoms with van der Waals surface area (Å²) in [6, 6.07) is 21.6. The first-order chi connectivity index (χ1) is 17.0. The van der Waals surface area contributed by atoms with Gasteiger partial charge in [0.25, 0.3) is 11.8 Å². The van der Waals surface area contributed by atoms with Crippen molar-refractivity contribution in [3.63, 3.8) is 0 Å². The number of hydrogen-bond acceptors (Lipinski definition) is 5. The maximum atomic E-state index is 12.6. The number of hydrazone groups is 1. The van der Waals surface area contributed by atoms with E-state index in [1.807, 2.05) is 36.4 Å². The first-order valence-electron chi connectivity index (χ1n) is 11.4. The Bertz CT molecular complexity index is 1220. The van der Waals surface area contributed by atoms with Crippen LogP contribution >= 0.6 is 11.6 Å². The van der Waals surface area contributed by atoms with Crippen LogP contribution in [0.3, 0.4) is 0 Å². The van der Waals surface area contributed by atoms with Crippen LogP contribution in [0.2, 0.25) is 5.02 Å². The summed E-state index contributed by atoms with van der Waals surface area (Å²) < 4.78 is 5.38. The van der Waals surface area contributed by atoms with Gasteiger partial charge in [-0.1, -0.05) is 41.9 Å². The number of anilines is 1. The predicted molar refractivity (Wildman–Crippen MR) is 138 cm³/mol. The lowest BCUT2D eigenvalue weighted by atomic mass is 10.1. The molecule has 0 atom stereocenters. The number of carbonyl (C=O) groups is 2. The molecule has 35 heavy (non-hydrogen) atoms. The molecule has 3 aromatic carbocycles. The van der Waals surface area contributed by atoms with Gasteiger partial charge in [-0.05, 0) is 60.5 Å². The molecule has 0 radical (unpaired) electrons. The zero-order valence-corrected chi connectivity index (χ0v) is 20.2. The Kier molecular flexibility index (Phi) is 8.26. The minimum absolute atomic E-state index is 0.260. The second kappa shape index (κ2) is 11.8. The molecule has 1 heterocycles. The fourth-order valence-electron chi connectivity index (χ4n) is 3.70. The van der Waals surface area contributed by atoms with Crippen molar-refractivity contribution in [2.75, 3.05) is 31.6 Å². The summed E-state index contributed by atoms with van der Waals surface area (Å²) in [4.78, 5) is 27.4. The average molecular weight is 491 g/mol. The monoisotopic (exact) mass is 490 g/mol. The molecule has 8 heteroatoms. The van der Waals surface area contributed by atoms with Gasteiger partial charge in [-0.2, -0.15) is 5.10 Å². The van der Waals surface area contributed by atoms with Crippen molar-refractivity contribution >= 4 is 34.8 Å². The molecule has 4 rings (SSSR count). The highest BCUT2D eigenvalue weighted by molar-refractivity contribution is 6.31. The van der Waals surface area contributed by atoms with Crippen LogP contribution in [0.1, 0.15) is 38.8 Å². The van der Waals surface area contributed by atoms with Crippen LogP contribution in [0.5, 0.6) is 0 Å². The summed E-state index contributed by atoms with van der Waals surface area (Å²) in [5, 5.41) is 7.59. The number of carbonyl (C=O) groups excluding carboxylic acids is 2. The largest absolute Gasteiger partial charge is 0.379 e. The highest BCUT2D eigenvalue weighted by atomic mass is 35.5. The minimum Gasteiger partial charge on any atom is -0.379 e. The Morgan fingerprint density at radius 1 is 0.914 bits per heavy atom. The summed E-state index contributed by atoms with van der Waals surface area (Å²) in [6.45, 7) is 5.99. The van der Waals surface area contributed by atoms with E-state index in [-0.39, 0.29) is 11.8 Å². The fourth-order valence-corrected chi connectivity index (χ4v) is 3.89. The Balaban J connectivity index is 1.35. The third kappa shape index (κ3) is 6.99. The maximum Gasteiger partial charge on any atom is 0.271 e. The van der Waals surface area contributed by atoms with E-state index in [1.54, 1.807) is 43.3 Å². The zero-order chi connectivity index (χ0) is 24.6. The van der Waals surface area contributed by atoms with Crippen molar-refractivity contribution in [3.8, 4) is 0 Å². The van der Waals surface area contributed by atoms with Crippen LogP contribution in [0.25, 0.3) is 0 Å². The number of benzene rings is 3. The molecular formula is C27H27ClN4O3. The summed E-state index contributed by atoms with van der Waals surface area (Å²) in [5.41, 5.74) is 6.77. The summed E-state index contributed by atoms with van der Waals surface area (Å²) in [5.74, 6) is -0.544. The van der Waals surface area contributed by atoms with Gasteiger partial charge in [0.05, 0.1) is 18.9 Å². The summed E-state index contributed by atoms with van der Waals surface area (Å²) in [7, 11) is 0. The zero-order valence-electron chi connectivity index (χ0n) is 19.5. The van der Waals surface area contributed by atoms with E-state index in [2.05, 4.69) is 20.7 Å². The van der Waals surface area contributed by atoms with Crippen LogP contribution in [-0.4, -0.2) is 48.7 Å². The van der Waals surface area contributed by atoms with Gasteiger partial charge in [0.2, 0.25) is 0 Å². The second-order valence-corrected chi connectivity index (χ2v) is 8.71. The van der Waals surface area contributed by atoms with Crippen molar-refractivity contribution in [2.45, 2.75) is 13.5 Å². The molecule has 1 aliphatic rings. The van der Waals surface area contributed by atoms with E-state index in [0.29, 0.717) is 27.5 Å². The molecule has 180 valence electrons. The molecule has 0 bridgehead atoms. The number of morpholine rings is 1. The van der Waals surface area contributed by atoms with Gasteiger partial charge in [0, 0.05) is 41.5 Å². The van der Waals surface area contributed by atoms with E-state index >= 15 is 0 Å². The SMILES string of the molecule is C/C(=N\NC(=O)c1ccc(CN2CCOCC2)cc1)c1cccc(NC(=O)c2cccc(Cl)c2)c1. The summed E-state index contributed by atoms with van der Waals surface area (Å²) in [6.07, 6.45) is 0. The predicted octanol–water partition coefficient (Wildman–Crippen LogP) is 4.58. The van der Waals surface area contributed by atoms with Crippen LogP contribution < -0.4 is 10.7 Å². The molecule has 0 saturated carbocycles. The average Bonchev–Trinajstić information content (AvgIpc) is 2.88. The Morgan fingerprint density at radius 3 is 2.37 bits per heavy atom. The first kappa shape index (κ1) is 24.6. The van der Waals surface area contributed by atoms with Crippen LogP contribution in [-0.2, 0) is 11.3 Å². The number of rotatable bonds is 7. The van der Waals surface area contributed by atoms with E-state index < -0.39 is 0 Å². The number of ether oxygens (including phenoxy) is 1. The number of halogens is 1. The lowest BCUT2D eigenvalue weighted by Crippen LogP contribution is -2.35. The minimum atomic E-state index is -0.285. The fraction of sp³-hybridized carbons (Fsp3) is 0.222. The maximum absolute atomic E-state index is 12.6. The molecule has 2 amide bonds.